The molecular formula is C24H20ClNO4S. The minimum absolute atomic E-state index is 0.0151. The third kappa shape index (κ3) is 4.09. The van der Waals surface area contributed by atoms with E-state index in [1.165, 1.54) is 16.2 Å². The summed E-state index contributed by atoms with van der Waals surface area (Å²) in [7, 11) is 0. The molecular weight excluding hydrogens is 434 g/mol. The molecule has 3 aromatic rings. The molecule has 1 saturated heterocycles. The van der Waals surface area contributed by atoms with E-state index in [0.29, 0.717) is 22.0 Å². The van der Waals surface area contributed by atoms with Crippen LogP contribution in [0.4, 0.5) is 5.69 Å². The van der Waals surface area contributed by atoms with Crippen LogP contribution in [0.1, 0.15) is 30.3 Å². The maximum Gasteiger partial charge on any atom is 0.300 e. The Balaban J connectivity index is 1.83. The molecule has 0 bridgehead atoms. The van der Waals surface area contributed by atoms with Gasteiger partial charge in [0.25, 0.3) is 11.7 Å². The first-order chi connectivity index (χ1) is 14.9. The summed E-state index contributed by atoms with van der Waals surface area (Å²) in [5, 5.41) is 13.4. The minimum atomic E-state index is -0.745. The highest BCUT2D eigenvalue weighted by Crippen LogP contribution is 2.44. The number of hydrogen-bond acceptors (Lipinski definition) is 5. The number of benzene rings is 2. The lowest BCUT2D eigenvalue weighted by atomic mass is 9.99. The highest BCUT2D eigenvalue weighted by Gasteiger charge is 2.47. The van der Waals surface area contributed by atoms with Gasteiger partial charge in [-0.2, -0.15) is 0 Å². The molecule has 7 heteroatoms. The predicted molar refractivity (Wildman–Crippen MR) is 123 cm³/mol. The molecule has 2 aromatic carbocycles. The SMILES string of the molecule is CC(C)Oc1ccc(/C(O)=C2/C(=O)C(=O)N(c3cccc(Cl)c3)C2c2cccs2)cc1. The van der Waals surface area contributed by atoms with Gasteiger partial charge in [0.05, 0.1) is 11.7 Å². The molecule has 1 N–H and O–H groups in total. The van der Waals surface area contributed by atoms with Gasteiger partial charge in [-0.15, -0.1) is 11.3 Å². The van der Waals surface area contributed by atoms with Gasteiger partial charge in [-0.3, -0.25) is 14.5 Å². The second-order valence-electron chi connectivity index (χ2n) is 7.36. The number of ketones is 1. The maximum absolute atomic E-state index is 13.0. The Kier molecular flexibility index (Phi) is 5.85. The maximum atomic E-state index is 13.0. The summed E-state index contributed by atoms with van der Waals surface area (Å²) in [6.07, 6.45) is 0.0151. The molecule has 0 spiro atoms. The predicted octanol–water partition coefficient (Wildman–Crippen LogP) is 5.82. The van der Waals surface area contributed by atoms with E-state index in [4.69, 9.17) is 16.3 Å². The van der Waals surface area contributed by atoms with Gasteiger partial charge in [0.15, 0.2) is 0 Å². The Morgan fingerprint density at radius 3 is 2.45 bits per heavy atom. The van der Waals surface area contributed by atoms with Crippen LogP contribution >= 0.6 is 22.9 Å². The molecule has 0 aliphatic carbocycles. The second-order valence-corrected chi connectivity index (χ2v) is 8.77. The first kappa shape index (κ1) is 21.2. The van der Waals surface area contributed by atoms with Crippen molar-refractivity contribution in [1.29, 1.82) is 0 Å². The van der Waals surface area contributed by atoms with Crippen molar-refractivity contribution in [3.63, 3.8) is 0 Å². The fraction of sp³-hybridized carbons (Fsp3) is 0.167. The summed E-state index contributed by atoms with van der Waals surface area (Å²) in [4.78, 5) is 28.2. The number of Topliss-reactive ketones (excluding diaryl/α,β-unsaturated/α-hetero) is 1. The molecule has 5 nitrogen and oxygen atoms in total. The lowest BCUT2D eigenvalue weighted by Crippen LogP contribution is -2.29. The van der Waals surface area contributed by atoms with E-state index in [1.54, 1.807) is 48.5 Å². The van der Waals surface area contributed by atoms with E-state index in [2.05, 4.69) is 0 Å². The third-order valence-electron chi connectivity index (χ3n) is 4.84. The number of aliphatic hydroxyl groups is 1. The first-order valence-electron chi connectivity index (χ1n) is 9.74. The summed E-state index contributed by atoms with van der Waals surface area (Å²) in [5.74, 6) is -1.02. The average molecular weight is 454 g/mol. The molecule has 1 aromatic heterocycles. The fourth-order valence-electron chi connectivity index (χ4n) is 3.56. The zero-order valence-electron chi connectivity index (χ0n) is 16.9. The lowest BCUT2D eigenvalue weighted by Gasteiger charge is -2.24. The van der Waals surface area contributed by atoms with Crippen LogP contribution in [-0.2, 0) is 9.59 Å². The Morgan fingerprint density at radius 2 is 1.84 bits per heavy atom. The Morgan fingerprint density at radius 1 is 1.10 bits per heavy atom. The number of carbonyl (C=O) groups is 2. The third-order valence-corrected chi connectivity index (χ3v) is 6.00. The van der Waals surface area contributed by atoms with Crippen LogP contribution in [0, 0.1) is 0 Å². The van der Waals surface area contributed by atoms with Crippen LogP contribution in [0.5, 0.6) is 5.75 Å². The summed E-state index contributed by atoms with van der Waals surface area (Å²) >= 11 is 7.54. The number of rotatable bonds is 5. The summed E-state index contributed by atoms with van der Waals surface area (Å²) < 4.78 is 5.64. The van der Waals surface area contributed by atoms with Crippen molar-refractivity contribution in [1.82, 2.24) is 0 Å². The van der Waals surface area contributed by atoms with Crippen molar-refractivity contribution in [2.45, 2.75) is 26.0 Å². The van der Waals surface area contributed by atoms with E-state index in [0.717, 1.165) is 4.88 Å². The smallest absolute Gasteiger partial charge is 0.300 e. The van der Waals surface area contributed by atoms with Crippen LogP contribution < -0.4 is 9.64 Å². The molecule has 0 saturated carbocycles. The minimum Gasteiger partial charge on any atom is -0.507 e. The normalized spacial score (nSPS) is 18.1. The fourth-order valence-corrected chi connectivity index (χ4v) is 4.57. The van der Waals surface area contributed by atoms with Gasteiger partial charge in [0.2, 0.25) is 0 Å². The number of anilines is 1. The van der Waals surface area contributed by atoms with E-state index in [1.807, 2.05) is 31.4 Å². The van der Waals surface area contributed by atoms with Crippen LogP contribution in [0.15, 0.2) is 71.6 Å². The molecule has 2 heterocycles. The van der Waals surface area contributed by atoms with E-state index < -0.39 is 17.7 Å². The Hall–Kier alpha value is -3.09. The molecule has 0 radical (unpaired) electrons. The largest absolute Gasteiger partial charge is 0.507 e. The molecule has 1 aliphatic rings. The quantitative estimate of drug-likeness (QED) is 0.300. The van der Waals surface area contributed by atoms with Gasteiger partial charge in [-0.05, 0) is 67.8 Å². The second kappa shape index (κ2) is 8.57. The number of ether oxygens (including phenoxy) is 1. The lowest BCUT2D eigenvalue weighted by molar-refractivity contribution is -0.132. The van der Waals surface area contributed by atoms with Gasteiger partial charge in [0.1, 0.15) is 17.6 Å². The summed E-state index contributed by atoms with van der Waals surface area (Å²) in [5.41, 5.74) is 0.972. The molecule has 1 unspecified atom stereocenters. The molecule has 31 heavy (non-hydrogen) atoms. The Labute approximate surface area is 189 Å². The molecule has 158 valence electrons. The standard InChI is InChI=1S/C24H20ClNO4S/c1-14(2)30-18-10-8-15(9-11-18)22(27)20-21(19-7-4-12-31-19)26(24(29)23(20)28)17-6-3-5-16(25)13-17/h3-14,21,27H,1-2H3/b22-20-. The number of thiophene rings is 1. The molecule has 1 aliphatic heterocycles. The first-order valence-corrected chi connectivity index (χ1v) is 11.0. The number of nitrogens with zero attached hydrogens (tertiary/aromatic N) is 1. The van der Waals surface area contributed by atoms with Crippen molar-refractivity contribution < 1.29 is 19.4 Å². The zero-order chi connectivity index (χ0) is 22.1. The topological polar surface area (TPSA) is 66.8 Å². The average Bonchev–Trinajstić information content (AvgIpc) is 3.35. The Bertz CT molecular complexity index is 1150. The van der Waals surface area contributed by atoms with Crippen LogP contribution in [-0.4, -0.2) is 22.9 Å². The van der Waals surface area contributed by atoms with Crippen LogP contribution in [0.25, 0.3) is 5.76 Å². The molecule has 4 rings (SSSR count). The molecule has 1 amide bonds. The van der Waals surface area contributed by atoms with E-state index in [-0.39, 0.29) is 17.4 Å². The van der Waals surface area contributed by atoms with Crippen molar-refractivity contribution in [3.05, 3.63) is 87.1 Å². The van der Waals surface area contributed by atoms with E-state index >= 15 is 0 Å². The van der Waals surface area contributed by atoms with E-state index in [9.17, 15) is 14.7 Å². The number of hydrogen-bond donors (Lipinski definition) is 1. The number of amides is 1. The van der Waals surface area contributed by atoms with Gasteiger partial charge in [-0.1, -0.05) is 23.7 Å². The number of aliphatic hydroxyl groups excluding tert-OH is 1. The van der Waals surface area contributed by atoms with Crippen molar-refractivity contribution in [2.24, 2.45) is 0 Å². The van der Waals surface area contributed by atoms with Crippen LogP contribution in [0.2, 0.25) is 5.02 Å². The van der Waals surface area contributed by atoms with Gasteiger partial charge in [0, 0.05) is 21.2 Å². The van der Waals surface area contributed by atoms with Crippen molar-refractivity contribution in [2.75, 3.05) is 4.90 Å². The van der Waals surface area contributed by atoms with Crippen molar-refractivity contribution >= 4 is 46.1 Å². The van der Waals surface area contributed by atoms with Gasteiger partial charge >= 0.3 is 0 Å². The highest BCUT2D eigenvalue weighted by molar-refractivity contribution is 7.10. The van der Waals surface area contributed by atoms with Gasteiger partial charge in [-0.25, -0.2) is 0 Å². The monoisotopic (exact) mass is 453 g/mol. The summed E-state index contributed by atoms with van der Waals surface area (Å²) in [6, 6.07) is 16.5. The number of halogens is 1. The highest BCUT2D eigenvalue weighted by atomic mass is 35.5. The van der Waals surface area contributed by atoms with Gasteiger partial charge < -0.3 is 9.84 Å². The summed E-state index contributed by atoms with van der Waals surface area (Å²) in [6.45, 7) is 3.85. The zero-order valence-corrected chi connectivity index (χ0v) is 18.5. The van der Waals surface area contributed by atoms with Crippen molar-refractivity contribution in [3.8, 4) is 5.75 Å². The number of carbonyl (C=O) groups excluding carboxylic acids is 2. The molecule has 1 fully saturated rings. The van der Waals surface area contributed by atoms with Crippen LogP contribution in [0.3, 0.4) is 0 Å². The molecule has 1 atom stereocenters.